The van der Waals surface area contributed by atoms with Gasteiger partial charge in [-0.15, -0.1) is 0 Å². The van der Waals surface area contributed by atoms with Crippen LogP contribution in [0.1, 0.15) is 37.8 Å². The van der Waals surface area contributed by atoms with E-state index in [-0.39, 0.29) is 0 Å². The summed E-state index contributed by atoms with van der Waals surface area (Å²) in [7, 11) is 0. The molecule has 0 spiro atoms. The lowest BCUT2D eigenvalue weighted by Gasteiger charge is -2.39. The molecule has 2 unspecified atom stereocenters. The van der Waals surface area contributed by atoms with Crippen molar-refractivity contribution in [3.8, 4) is 0 Å². The third kappa shape index (κ3) is 2.69. The molecule has 0 aliphatic carbocycles. The Morgan fingerprint density at radius 2 is 2.03 bits per heavy atom. The molecular weight excluding hydrogens is 364 g/mol. The molecule has 0 radical (unpaired) electrons. The van der Waals surface area contributed by atoms with Gasteiger partial charge in [-0.3, -0.25) is 10.1 Å². The fourth-order valence-electron chi connectivity index (χ4n) is 5.56. The second-order valence-corrected chi connectivity index (χ2v) is 8.56. The molecule has 3 aromatic rings. The summed E-state index contributed by atoms with van der Waals surface area (Å²) in [5, 5.41) is 7.73. The van der Waals surface area contributed by atoms with Crippen LogP contribution in [-0.2, 0) is 6.42 Å². The number of pyridine rings is 1. The Kier molecular flexibility index (Phi) is 3.94. The molecule has 3 atom stereocenters. The average Bonchev–Trinajstić information content (AvgIpc) is 3.30. The number of aromatic amines is 1. The van der Waals surface area contributed by atoms with Crippen molar-refractivity contribution in [3.63, 3.8) is 0 Å². The van der Waals surface area contributed by atoms with E-state index in [2.05, 4.69) is 31.0 Å². The van der Waals surface area contributed by atoms with Gasteiger partial charge in [-0.25, -0.2) is 9.97 Å². The lowest BCUT2D eigenvalue weighted by molar-refractivity contribution is 0.345. The van der Waals surface area contributed by atoms with Crippen LogP contribution in [0.4, 0.5) is 17.3 Å². The predicted molar refractivity (Wildman–Crippen MR) is 112 cm³/mol. The molecule has 3 aliphatic heterocycles. The Hall–Kier alpha value is -2.74. The number of rotatable bonds is 3. The van der Waals surface area contributed by atoms with Crippen molar-refractivity contribution in [1.29, 1.82) is 0 Å². The Balaban J connectivity index is 1.35. The normalized spacial score (nSPS) is 26.2. The first-order chi connectivity index (χ1) is 14.3. The highest BCUT2D eigenvalue weighted by Gasteiger charge is 2.41. The SMILES string of the molecule is NCC1CC2CC[C@H](C1)N2c1cnc2c(N3CCCc4ncccc43)n[nH]c2n1. The zero-order valence-corrected chi connectivity index (χ0v) is 16.5. The lowest BCUT2D eigenvalue weighted by atomic mass is 9.91. The molecule has 2 bridgehead atoms. The van der Waals surface area contributed by atoms with E-state index in [0.29, 0.717) is 18.0 Å². The van der Waals surface area contributed by atoms with Crippen LogP contribution in [0.2, 0.25) is 0 Å². The monoisotopic (exact) mass is 390 g/mol. The first-order valence-corrected chi connectivity index (χ1v) is 10.7. The molecule has 2 fully saturated rings. The van der Waals surface area contributed by atoms with Crippen LogP contribution in [0.5, 0.6) is 0 Å². The second-order valence-electron chi connectivity index (χ2n) is 8.56. The van der Waals surface area contributed by atoms with Gasteiger partial charge in [-0.05, 0) is 63.1 Å². The highest BCUT2D eigenvalue weighted by molar-refractivity contribution is 5.87. The average molecular weight is 390 g/mol. The summed E-state index contributed by atoms with van der Waals surface area (Å²) in [6, 6.07) is 5.17. The predicted octanol–water partition coefficient (Wildman–Crippen LogP) is 2.54. The molecule has 2 saturated heterocycles. The molecule has 3 aliphatic rings. The van der Waals surface area contributed by atoms with Crippen molar-refractivity contribution in [3.05, 3.63) is 30.2 Å². The highest BCUT2D eigenvalue weighted by Crippen LogP contribution is 2.41. The minimum absolute atomic E-state index is 0.538. The van der Waals surface area contributed by atoms with Crippen LogP contribution in [0.3, 0.4) is 0 Å². The van der Waals surface area contributed by atoms with Crippen LogP contribution < -0.4 is 15.5 Å². The number of nitrogens with zero attached hydrogens (tertiary/aromatic N) is 6. The van der Waals surface area contributed by atoms with Gasteiger partial charge < -0.3 is 15.5 Å². The number of aryl methyl sites for hydroxylation is 1. The number of aromatic nitrogens is 5. The van der Waals surface area contributed by atoms with Crippen LogP contribution in [0.25, 0.3) is 11.2 Å². The lowest BCUT2D eigenvalue weighted by Crippen LogP contribution is -2.45. The third-order valence-corrected chi connectivity index (χ3v) is 6.88. The maximum atomic E-state index is 5.95. The zero-order chi connectivity index (χ0) is 19.4. The number of hydrogen-bond acceptors (Lipinski definition) is 7. The number of hydrogen-bond donors (Lipinski definition) is 2. The van der Waals surface area contributed by atoms with Crippen LogP contribution in [0.15, 0.2) is 24.5 Å². The number of nitrogens with one attached hydrogen (secondary N) is 1. The first-order valence-electron chi connectivity index (χ1n) is 10.7. The van der Waals surface area contributed by atoms with Gasteiger partial charge in [0.2, 0.25) is 0 Å². The van der Waals surface area contributed by atoms with E-state index in [1.165, 1.54) is 25.7 Å². The fraction of sp³-hybridized carbons (Fsp3) is 0.524. The van der Waals surface area contributed by atoms with Gasteiger partial charge in [0, 0.05) is 24.8 Å². The van der Waals surface area contributed by atoms with E-state index in [0.717, 1.165) is 60.1 Å². The third-order valence-electron chi connectivity index (χ3n) is 6.88. The molecular formula is C21H26N8. The minimum Gasteiger partial charge on any atom is -0.349 e. The van der Waals surface area contributed by atoms with Crippen molar-refractivity contribution in [2.75, 3.05) is 22.9 Å². The van der Waals surface area contributed by atoms with E-state index >= 15 is 0 Å². The Morgan fingerprint density at radius 1 is 1.17 bits per heavy atom. The van der Waals surface area contributed by atoms with Gasteiger partial charge in [0.1, 0.15) is 5.82 Å². The molecule has 8 heteroatoms. The summed E-state index contributed by atoms with van der Waals surface area (Å²) in [5.74, 6) is 2.46. The second kappa shape index (κ2) is 6.66. The fourth-order valence-corrected chi connectivity index (χ4v) is 5.56. The number of nitrogens with two attached hydrogens (primary N) is 1. The smallest absolute Gasteiger partial charge is 0.183 e. The Labute approximate surface area is 169 Å². The zero-order valence-electron chi connectivity index (χ0n) is 16.5. The number of H-pyrrole nitrogens is 1. The first kappa shape index (κ1) is 17.1. The minimum atomic E-state index is 0.538. The van der Waals surface area contributed by atoms with E-state index in [4.69, 9.17) is 15.7 Å². The summed E-state index contributed by atoms with van der Waals surface area (Å²) < 4.78 is 0. The van der Waals surface area contributed by atoms with Crippen molar-refractivity contribution < 1.29 is 0 Å². The van der Waals surface area contributed by atoms with E-state index in [1.54, 1.807) is 0 Å². The number of piperidine rings is 1. The summed E-state index contributed by atoms with van der Waals surface area (Å²) in [4.78, 5) is 19.0. The van der Waals surface area contributed by atoms with Gasteiger partial charge in [0.05, 0.1) is 17.6 Å². The summed E-state index contributed by atoms with van der Waals surface area (Å²) in [5.41, 5.74) is 9.79. The molecule has 0 saturated carbocycles. The van der Waals surface area contributed by atoms with Gasteiger partial charge in [0.15, 0.2) is 17.0 Å². The summed E-state index contributed by atoms with van der Waals surface area (Å²) >= 11 is 0. The van der Waals surface area contributed by atoms with E-state index in [9.17, 15) is 0 Å². The quantitative estimate of drug-likeness (QED) is 0.709. The van der Waals surface area contributed by atoms with Gasteiger partial charge in [-0.1, -0.05) is 0 Å². The molecule has 29 heavy (non-hydrogen) atoms. The number of anilines is 3. The molecule has 150 valence electrons. The van der Waals surface area contributed by atoms with Crippen LogP contribution in [0, 0.1) is 5.92 Å². The van der Waals surface area contributed by atoms with E-state index in [1.807, 2.05) is 18.5 Å². The van der Waals surface area contributed by atoms with Crippen molar-refractivity contribution in [2.24, 2.45) is 11.7 Å². The molecule has 0 aromatic carbocycles. The maximum Gasteiger partial charge on any atom is 0.183 e. The van der Waals surface area contributed by atoms with Crippen molar-refractivity contribution in [1.82, 2.24) is 25.1 Å². The van der Waals surface area contributed by atoms with Gasteiger partial charge >= 0.3 is 0 Å². The van der Waals surface area contributed by atoms with Crippen LogP contribution >= 0.6 is 0 Å². The Morgan fingerprint density at radius 3 is 2.86 bits per heavy atom. The van der Waals surface area contributed by atoms with Gasteiger partial charge in [0.25, 0.3) is 0 Å². The van der Waals surface area contributed by atoms with Gasteiger partial charge in [-0.2, -0.15) is 5.10 Å². The van der Waals surface area contributed by atoms with Crippen molar-refractivity contribution >= 4 is 28.5 Å². The number of fused-ring (bicyclic) bond motifs is 4. The van der Waals surface area contributed by atoms with E-state index < -0.39 is 0 Å². The van der Waals surface area contributed by atoms with Crippen molar-refractivity contribution in [2.45, 2.75) is 50.6 Å². The molecule has 6 rings (SSSR count). The highest BCUT2D eigenvalue weighted by atomic mass is 15.3. The molecule has 8 nitrogen and oxygen atoms in total. The molecule has 6 heterocycles. The summed E-state index contributed by atoms with van der Waals surface area (Å²) in [6.07, 6.45) is 10.6. The molecule has 3 aromatic heterocycles. The summed E-state index contributed by atoms with van der Waals surface area (Å²) in [6.45, 7) is 1.71. The maximum absolute atomic E-state index is 5.95. The Bertz CT molecular complexity index is 1030. The standard InChI is InChI=1S/C21H26N8/c22-11-13-9-14-5-6-15(10-13)29(14)18-12-24-19-20(25-18)26-27-21(19)28-8-2-3-16-17(28)4-1-7-23-16/h1,4,7,12-15H,2-3,5-6,8-11,22H2,(H,25,26,27)/t13?,14-,15?/m1/s1. The largest absolute Gasteiger partial charge is 0.349 e. The topological polar surface area (TPSA) is 99.9 Å². The molecule has 3 N–H and O–H groups in total. The molecule has 0 amide bonds. The van der Waals surface area contributed by atoms with Crippen LogP contribution in [-0.4, -0.2) is 50.3 Å².